The molecule has 126 valence electrons. The summed E-state index contributed by atoms with van der Waals surface area (Å²) in [6, 6.07) is 5.47. The number of carbonyl (C=O) groups excluding carboxylic acids is 1. The van der Waals surface area contributed by atoms with E-state index in [2.05, 4.69) is 6.58 Å². The van der Waals surface area contributed by atoms with Gasteiger partial charge in [0.25, 0.3) is 0 Å². The third kappa shape index (κ3) is 6.67. The van der Waals surface area contributed by atoms with E-state index in [0.717, 1.165) is 11.1 Å². The number of aliphatic hydroxyl groups excluding tert-OH is 1. The second-order valence-electron chi connectivity index (χ2n) is 4.84. The van der Waals surface area contributed by atoms with E-state index in [1.165, 1.54) is 13.2 Å². The first-order valence-corrected chi connectivity index (χ1v) is 7.49. The van der Waals surface area contributed by atoms with E-state index in [9.17, 15) is 9.90 Å². The third-order valence-electron chi connectivity index (χ3n) is 3.07. The summed E-state index contributed by atoms with van der Waals surface area (Å²) < 4.78 is 15.4. The first kappa shape index (κ1) is 18.9. The monoisotopic (exact) mass is 320 g/mol. The summed E-state index contributed by atoms with van der Waals surface area (Å²) in [7, 11) is 1.54. The topological polar surface area (TPSA) is 65.0 Å². The fourth-order valence-electron chi connectivity index (χ4n) is 2.07. The number of carbonyl (C=O) groups is 1. The molecule has 23 heavy (non-hydrogen) atoms. The van der Waals surface area contributed by atoms with E-state index in [4.69, 9.17) is 14.2 Å². The quantitative estimate of drug-likeness (QED) is 0.311. The Morgan fingerprint density at radius 3 is 2.87 bits per heavy atom. The van der Waals surface area contributed by atoms with Gasteiger partial charge in [-0.15, -0.1) is 6.58 Å². The summed E-state index contributed by atoms with van der Waals surface area (Å²) in [6.07, 6.45) is 4.97. The molecule has 1 aromatic rings. The molecule has 1 N–H and O–H groups in total. The van der Waals surface area contributed by atoms with Crippen molar-refractivity contribution in [2.75, 3.05) is 20.5 Å². The molecular formula is C18H24O5. The highest BCUT2D eigenvalue weighted by molar-refractivity contribution is 5.87. The molecule has 0 aliphatic rings. The van der Waals surface area contributed by atoms with E-state index in [-0.39, 0.29) is 6.79 Å². The van der Waals surface area contributed by atoms with Crippen molar-refractivity contribution in [1.82, 2.24) is 0 Å². The van der Waals surface area contributed by atoms with Gasteiger partial charge in [-0.05, 0) is 31.1 Å². The van der Waals surface area contributed by atoms with E-state index >= 15 is 0 Å². The number of hydrogen-bond donors (Lipinski definition) is 1. The van der Waals surface area contributed by atoms with Crippen LogP contribution in [0.2, 0.25) is 0 Å². The van der Waals surface area contributed by atoms with Crippen molar-refractivity contribution in [1.29, 1.82) is 0 Å². The maximum absolute atomic E-state index is 11.5. The Hall–Kier alpha value is -2.11. The zero-order valence-electron chi connectivity index (χ0n) is 13.7. The normalized spacial score (nSPS) is 12.1. The van der Waals surface area contributed by atoms with Crippen LogP contribution < -0.4 is 4.74 Å². The number of esters is 1. The summed E-state index contributed by atoms with van der Waals surface area (Å²) in [4.78, 5) is 11.5. The van der Waals surface area contributed by atoms with Crippen molar-refractivity contribution in [2.24, 2.45) is 0 Å². The highest BCUT2D eigenvalue weighted by Gasteiger charge is 2.13. The SMILES string of the molecule is C=CC[C@H](O)Cc1c(C=CC(=O)OCC)cccc1OCOC. The van der Waals surface area contributed by atoms with Gasteiger partial charge in [0.05, 0.1) is 12.7 Å². The van der Waals surface area contributed by atoms with Crippen molar-refractivity contribution in [2.45, 2.75) is 25.9 Å². The first-order valence-electron chi connectivity index (χ1n) is 7.49. The van der Waals surface area contributed by atoms with Crippen LogP contribution in [0.25, 0.3) is 6.08 Å². The Morgan fingerprint density at radius 1 is 1.43 bits per heavy atom. The molecule has 0 unspecified atom stereocenters. The molecule has 0 heterocycles. The van der Waals surface area contributed by atoms with Crippen LogP contribution in [0, 0.1) is 0 Å². The molecule has 1 atom stereocenters. The summed E-state index contributed by atoms with van der Waals surface area (Å²) in [5.41, 5.74) is 1.59. The molecule has 0 saturated carbocycles. The predicted molar refractivity (Wildman–Crippen MR) is 89.1 cm³/mol. The number of ether oxygens (including phenoxy) is 3. The smallest absolute Gasteiger partial charge is 0.330 e. The Bertz CT molecular complexity index is 536. The minimum absolute atomic E-state index is 0.107. The van der Waals surface area contributed by atoms with Gasteiger partial charge in [-0.3, -0.25) is 0 Å². The summed E-state index contributed by atoms with van der Waals surface area (Å²) in [5.74, 6) is 0.203. The minimum atomic E-state index is -0.575. The maximum Gasteiger partial charge on any atom is 0.330 e. The van der Waals surface area contributed by atoms with Crippen LogP contribution in [0.15, 0.2) is 36.9 Å². The van der Waals surface area contributed by atoms with Gasteiger partial charge in [-0.1, -0.05) is 18.2 Å². The lowest BCUT2D eigenvalue weighted by Crippen LogP contribution is -2.12. The number of methoxy groups -OCH3 is 1. The summed E-state index contributed by atoms with van der Waals surface area (Å²) >= 11 is 0. The van der Waals surface area contributed by atoms with Gasteiger partial charge in [0.2, 0.25) is 0 Å². The fraction of sp³-hybridized carbons (Fsp3) is 0.389. The molecule has 0 aromatic heterocycles. The van der Waals surface area contributed by atoms with Crippen molar-refractivity contribution in [3.8, 4) is 5.75 Å². The van der Waals surface area contributed by atoms with Gasteiger partial charge in [0, 0.05) is 25.2 Å². The van der Waals surface area contributed by atoms with Gasteiger partial charge in [0.15, 0.2) is 6.79 Å². The second kappa shape index (κ2) is 10.6. The molecule has 0 saturated heterocycles. The van der Waals surface area contributed by atoms with Crippen LogP contribution in [-0.2, 0) is 20.7 Å². The Morgan fingerprint density at radius 2 is 2.22 bits per heavy atom. The average molecular weight is 320 g/mol. The lowest BCUT2D eigenvalue weighted by atomic mass is 9.98. The van der Waals surface area contributed by atoms with Gasteiger partial charge in [-0.25, -0.2) is 4.79 Å². The summed E-state index contributed by atoms with van der Waals surface area (Å²) in [6.45, 7) is 5.81. The lowest BCUT2D eigenvalue weighted by Gasteiger charge is -2.16. The fourth-order valence-corrected chi connectivity index (χ4v) is 2.07. The molecule has 1 aromatic carbocycles. The first-order chi connectivity index (χ1) is 11.1. The van der Waals surface area contributed by atoms with Gasteiger partial charge in [0.1, 0.15) is 5.75 Å². The van der Waals surface area contributed by atoms with Crippen LogP contribution in [0.5, 0.6) is 5.75 Å². The van der Waals surface area contributed by atoms with Crippen LogP contribution in [-0.4, -0.2) is 37.7 Å². The Labute approximate surface area is 137 Å². The standard InChI is InChI=1S/C18H24O5/c1-4-7-15(19)12-16-14(10-11-18(20)22-5-2)8-6-9-17(16)23-13-21-3/h4,6,8-11,15,19H,1,5,7,12-13H2,2-3H3/t15-/m0/s1. The predicted octanol–water partition coefficient (Wildman–Crippen LogP) is 2.73. The number of rotatable bonds is 10. The third-order valence-corrected chi connectivity index (χ3v) is 3.07. The molecule has 1 rings (SSSR count). The molecule has 0 fully saturated rings. The highest BCUT2D eigenvalue weighted by atomic mass is 16.7. The molecule has 0 bridgehead atoms. The van der Waals surface area contributed by atoms with Crippen molar-refractivity contribution < 1.29 is 24.1 Å². The van der Waals surface area contributed by atoms with E-state index < -0.39 is 12.1 Å². The minimum Gasteiger partial charge on any atom is -0.467 e. The zero-order valence-corrected chi connectivity index (χ0v) is 13.7. The average Bonchev–Trinajstić information content (AvgIpc) is 2.53. The Kier molecular flexibility index (Phi) is 8.72. The lowest BCUT2D eigenvalue weighted by molar-refractivity contribution is -0.137. The van der Waals surface area contributed by atoms with Crippen LogP contribution in [0.3, 0.4) is 0 Å². The molecule has 0 amide bonds. The molecule has 5 heteroatoms. The Balaban J connectivity index is 3.06. The molecule has 0 radical (unpaired) electrons. The van der Waals surface area contributed by atoms with E-state index in [0.29, 0.717) is 25.2 Å². The van der Waals surface area contributed by atoms with Crippen molar-refractivity contribution >= 4 is 12.0 Å². The van der Waals surface area contributed by atoms with Gasteiger partial charge in [-0.2, -0.15) is 0 Å². The van der Waals surface area contributed by atoms with Gasteiger partial charge >= 0.3 is 5.97 Å². The molecule has 5 nitrogen and oxygen atoms in total. The second-order valence-corrected chi connectivity index (χ2v) is 4.84. The van der Waals surface area contributed by atoms with Gasteiger partial charge < -0.3 is 19.3 Å². The van der Waals surface area contributed by atoms with Crippen LogP contribution in [0.4, 0.5) is 0 Å². The maximum atomic E-state index is 11.5. The zero-order chi connectivity index (χ0) is 17.1. The summed E-state index contributed by atoms with van der Waals surface area (Å²) in [5, 5.41) is 10.1. The molecular weight excluding hydrogens is 296 g/mol. The number of hydrogen-bond acceptors (Lipinski definition) is 5. The number of benzene rings is 1. The highest BCUT2D eigenvalue weighted by Crippen LogP contribution is 2.26. The van der Waals surface area contributed by atoms with E-state index in [1.807, 2.05) is 12.1 Å². The van der Waals surface area contributed by atoms with Crippen molar-refractivity contribution in [3.63, 3.8) is 0 Å². The van der Waals surface area contributed by atoms with Crippen LogP contribution >= 0.6 is 0 Å². The molecule has 0 aliphatic carbocycles. The van der Waals surface area contributed by atoms with Crippen LogP contribution in [0.1, 0.15) is 24.5 Å². The number of aliphatic hydroxyl groups is 1. The molecule has 0 spiro atoms. The molecule has 0 aliphatic heterocycles. The largest absolute Gasteiger partial charge is 0.467 e. The van der Waals surface area contributed by atoms with Crippen molar-refractivity contribution in [3.05, 3.63) is 48.1 Å². The van der Waals surface area contributed by atoms with E-state index in [1.54, 1.807) is 25.1 Å².